The fourth-order valence-corrected chi connectivity index (χ4v) is 3.92. The van der Waals surface area contributed by atoms with Crippen molar-refractivity contribution in [1.29, 1.82) is 0 Å². The first-order valence-electron chi connectivity index (χ1n) is 9.56. The first-order valence-corrected chi connectivity index (χ1v) is 9.56. The Bertz CT molecular complexity index is 969. The molecule has 1 aliphatic heterocycles. The molecule has 1 heterocycles. The Labute approximate surface area is 163 Å². The molecule has 0 unspecified atom stereocenters. The minimum absolute atomic E-state index is 0.252. The normalized spacial score (nSPS) is 17.5. The molecule has 0 saturated carbocycles. The van der Waals surface area contributed by atoms with Gasteiger partial charge in [-0.2, -0.15) is 0 Å². The van der Waals surface area contributed by atoms with Crippen LogP contribution in [0.15, 0.2) is 54.6 Å². The van der Waals surface area contributed by atoms with E-state index in [1.165, 1.54) is 7.11 Å². The average Bonchev–Trinajstić information content (AvgIpc) is 3.27. The molecule has 144 valence electrons. The van der Waals surface area contributed by atoms with Gasteiger partial charge in [0.15, 0.2) is 0 Å². The third-order valence-corrected chi connectivity index (χ3v) is 5.32. The zero-order valence-corrected chi connectivity index (χ0v) is 15.8. The summed E-state index contributed by atoms with van der Waals surface area (Å²) in [6, 6.07) is 17.6. The predicted octanol–water partition coefficient (Wildman–Crippen LogP) is 3.37. The first kappa shape index (κ1) is 18.4. The molecular weight excluding hydrogens is 354 g/mol. The van der Waals surface area contributed by atoms with Gasteiger partial charge in [0.1, 0.15) is 12.1 Å². The summed E-state index contributed by atoms with van der Waals surface area (Å²) in [7, 11) is 1.34. The second kappa shape index (κ2) is 7.98. The minimum atomic E-state index is -0.768. The molecule has 1 amide bonds. The van der Waals surface area contributed by atoms with Crippen LogP contribution in [-0.4, -0.2) is 37.7 Å². The zero-order valence-electron chi connectivity index (χ0n) is 15.8. The highest BCUT2D eigenvalue weighted by Gasteiger charge is 2.29. The number of esters is 1. The van der Waals surface area contributed by atoms with Gasteiger partial charge >= 0.3 is 5.97 Å². The van der Waals surface area contributed by atoms with Crippen molar-refractivity contribution in [3.8, 4) is 0 Å². The molecule has 5 nitrogen and oxygen atoms in total. The summed E-state index contributed by atoms with van der Waals surface area (Å²) < 4.78 is 10.4. The number of benzene rings is 3. The maximum absolute atomic E-state index is 12.5. The Kier molecular flexibility index (Phi) is 5.26. The van der Waals surface area contributed by atoms with Gasteiger partial charge in [0, 0.05) is 13.0 Å². The summed E-state index contributed by atoms with van der Waals surface area (Å²) in [5, 5.41) is 7.19. The fourth-order valence-electron chi connectivity index (χ4n) is 3.92. The second-order valence-electron chi connectivity index (χ2n) is 7.09. The van der Waals surface area contributed by atoms with Crippen LogP contribution < -0.4 is 5.32 Å². The molecule has 5 heteroatoms. The second-order valence-corrected chi connectivity index (χ2v) is 7.09. The molecule has 28 heavy (non-hydrogen) atoms. The number of rotatable bonds is 5. The number of nitrogens with one attached hydrogen (secondary N) is 1. The molecule has 0 aromatic heterocycles. The van der Waals surface area contributed by atoms with Crippen LogP contribution in [0, 0.1) is 0 Å². The lowest BCUT2D eigenvalue weighted by molar-refractivity contribution is -0.146. The average molecular weight is 377 g/mol. The summed E-state index contributed by atoms with van der Waals surface area (Å²) >= 11 is 0. The van der Waals surface area contributed by atoms with Crippen LogP contribution in [0.1, 0.15) is 18.4 Å². The van der Waals surface area contributed by atoms with Gasteiger partial charge in [0.2, 0.25) is 5.91 Å². The number of fused-ring (bicyclic) bond motifs is 2. The highest BCUT2D eigenvalue weighted by Crippen LogP contribution is 2.29. The maximum Gasteiger partial charge on any atom is 0.328 e. The molecule has 1 aliphatic rings. The molecule has 0 bridgehead atoms. The van der Waals surface area contributed by atoms with Crippen LogP contribution in [-0.2, 0) is 25.5 Å². The van der Waals surface area contributed by atoms with Crippen molar-refractivity contribution in [3.63, 3.8) is 0 Å². The number of amides is 1. The van der Waals surface area contributed by atoms with E-state index in [0.29, 0.717) is 19.4 Å². The molecule has 0 aliphatic carbocycles. The largest absolute Gasteiger partial charge is 0.467 e. The lowest BCUT2D eigenvalue weighted by Crippen LogP contribution is -2.47. The topological polar surface area (TPSA) is 64.6 Å². The molecule has 1 saturated heterocycles. The van der Waals surface area contributed by atoms with Crippen molar-refractivity contribution in [2.75, 3.05) is 13.7 Å². The van der Waals surface area contributed by atoms with Crippen molar-refractivity contribution in [3.05, 3.63) is 60.2 Å². The summed E-state index contributed by atoms with van der Waals surface area (Å²) in [4.78, 5) is 25.0. The minimum Gasteiger partial charge on any atom is -0.467 e. The highest BCUT2D eigenvalue weighted by molar-refractivity contribution is 6.02. The lowest BCUT2D eigenvalue weighted by Gasteiger charge is -2.20. The molecule has 1 fully saturated rings. The fraction of sp³-hybridized carbons (Fsp3) is 0.304. The molecule has 0 radical (unpaired) electrons. The van der Waals surface area contributed by atoms with E-state index < -0.39 is 18.1 Å². The van der Waals surface area contributed by atoms with E-state index in [9.17, 15) is 9.59 Å². The monoisotopic (exact) mass is 377 g/mol. The number of methoxy groups -OCH3 is 1. The summed E-state index contributed by atoms with van der Waals surface area (Å²) in [5.74, 6) is -0.708. The van der Waals surface area contributed by atoms with E-state index in [0.717, 1.165) is 33.5 Å². The molecule has 1 N–H and O–H groups in total. The van der Waals surface area contributed by atoms with Gasteiger partial charge in [0.25, 0.3) is 0 Å². The standard InChI is InChI=1S/C23H23NO4/c1-27-23(26)20(24-22(25)21-11-6-12-28-21)14-19-17-9-4-2-7-15(17)13-16-8-3-5-10-18(16)19/h2-5,7-10,13,20-21H,6,11-12,14H2,1H3,(H,24,25)/t20-,21-/m1/s1. The van der Waals surface area contributed by atoms with E-state index in [1.54, 1.807) is 0 Å². The summed E-state index contributed by atoms with van der Waals surface area (Å²) in [6.45, 7) is 0.578. The van der Waals surface area contributed by atoms with Gasteiger partial charge in [-0.05, 0) is 46.0 Å². The molecule has 4 rings (SSSR count). The van der Waals surface area contributed by atoms with E-state index in [4.69, 9.17) is 9.47 Å². The Morgan fingerprint density at radius 3 is 2.32 bits per heavy atom. The molecular formula is C23H23NO4. The van der Waals surface area contributed by atoms with Gasteiger partial charge < -0.3 is 14.8 Å². The van der Waals surface area contributed by atoms with Crippen molar-refractivity contribution in [2.45, 2.75) is 31.4 Å². The maximum atomic E-state index is 12.5. The van der Waals surface area contributed by atoms with E-state index in [1.807, 2.05) is 36.4 Å². The Balaban J connectivity index is 1.73. The Morgan fingerprint density at radius 2 is 1.75 bits per heavy atom. The molecule has 0 spiro atoms. The van der Waals surface area contributed by atoms with Crippen LogP contribution in [0.5, 0.6) is 0 Å². The smallest absolute Gasteiger partial charge is 0.328 e. The van der Waals surface area contributed by atoms with Crippen molar-refractivity contribution >= 4 is 33.4 Å². The highest BCUT2D eigenvalue weighted by atomic mass is 16.5. The van der Waals surface area contributed by atoms with Crippen LogP contribution in [0.4, 0.5) is 0 Å². The van der Waals surface area contributed by atoms with Crippen molar-refractivity contribution in [2.24, 2.45) is 0 Å². The number of carbonyl (C=O) groups excluding carboxylic acids is 2. The molecule has 3 aromatic carbocycles. The zero-order chi connectivity index (χ0) is 19.5. The van der Waals surface area contributed by atoms with Crippen LogP contribution in [0.25, 0.3) is 21.5 Å². The van der Waals surface area contributed by atoms with Gasteiger partial charge in [0.05, 0.1) is 7.11 Å². The molecule has 2 atom stereocenters. The lowest BCUT2D eigenvalue weighted by atomic mass is 9.92. The number of hydrogen-bond acceptors (Lipinski definition) is 4. The number of ether oxygens (including phenoxy) is 2. The van der Waals surface area contributed by atoms with Crippen LogP contribution >= 0.6 is 0 Å². The van der Waals surface area contributed by atoms with Crippen molar-refractivity contribution in [1.82, 2.24) is 5.32 Å². The summed E-state index contributed by atoms with van der Waals surface area (Å²) in [5.41, 5.74) is 1.02. The van der Waals surface area contributed by atoms with Gasteiger partial charge in [-0.15, -0.1) is 0 Å². The van der Waals surface area contributed by atoms with E-state index >= 15 is 0 Å². The first-order chi connectivity index (χ1) is 13.7. The number of hydrogen-bond donors (Lipinski definition) is 1. The van der Waals surface area contributed by atoms with Gasteiger partial charge in [-0.25, -0.2) is 4.79 Å². The van der Waals surface area contributed by atoms with Gasteiger partial charge in [-0.1, -0.05) is 48.5 Å². The third-order valence-electron chi connectivity index (χ3n) is 5.32. The molecule has 3 aromatic rings. The third kappa shape index (κ3) is 3.58. The van der Waals surface area contributed by atoms with E-state index in [-0.39, 0.29) is 5.91 Å². The van der Waals surface area contributed by atoms with Crippen molar-refractivity contribution < 1.29 is 19.1 Å². The number of carbonyl (C=O) groups is 2. The Hall–Kier alpha value is -2.92. The van der Waals surface area contributed by atoms with Gasteiger partial charge in [-0.3, -0.25) is 4.79 Å². The quantitative estimate of drug-likeness (QED) is 0.547. The SMILES string of the molecule is COC(=O)[C@@H](Cc1c2ccccc2cc2ccccc12)NC(=O)[C@H]1CCCO1. The van der Waals surface area contributed by atoms with E-state index in [2.05, 4.69) is 23.5 Å². The van der Waals surface area contributed by atoms with Crippen LogP contribution in [0.2, 0.25) is 0 Å². The Morgan fingerprint density at radius 1 is 1.11 bits per heavy atom. The van der Waals surface area contributed by atoms with Crippen LogP contribution in [0.3, 0.4) is 0 Å². The summed E-state index contributed by atoms with van der Waals surface area (Å²) in [6.07, 6.45) is 1.40. The predicted molar refractivity (Wildman–Crippen MR) is 108 cm³/mol.